The fourth-order valence-electron chi connectivity index (χ4n) is 2.09. The molecule has 1 aliphatic rings. The second-order valence-corrected chi connectivity index (χ2v) is 4.26. The lowest BCUT2D eigenvalue weighted by Crippen LogP contribution is -2.41. The minimum atomic E-state index is -0.374. The van der Waals surface area contributed by atoms with E-state index in [1.807, 2.05) is 13.1 Å². The van der Waals surface area contributed by atoms with Gasteiger partial charge in [0.15, 0.2) is 0 Å². The van der Waals surface area contributed by atoms with Gasteiger partial charge in [-0.25, -0.2) is 4.79 Å². The number of carbonyl (C=O) groups excluding carboxylic acids is 1. The van der Waals surface area contributed by atoms with Gasteiger partial charge in [-0.3, -0.25) is 0 Å². The van der Waals surface area contributed by atoms with E-state index in [-0.39, 0.29) is 18.6 Å². The first-order valence-electron chi connectivity index (χ1n) is 5.86. The van der Waals surface area contributed by atoms with Crippen LogP contribution in [-0.2, 0) is 4.74 Å². The van der Waals surface area contributed by atoms with Crippen LogP contribution in [0.2, 0.25) is 0 Å². The Morgan fingerprint density at radius 2 is 2.39 bits per heavy atom. The second-order valence-electron chi connectivity index (χ2n) is 4.26. The van der Waals surface area contributed by atoms with Crippen molar-refractivity contribution in [1.29, 1.82) is 0 Å². The number of ether oxygens (including phenoxy) is 2. The molecule has 1 aromatic rings. The molecule has 0 fully saturated rings. The van der Waals surface area contributed by atoms with Crippen LogP contribution in [0.3, 0.4) is 0 Å². The van der Waals surface area contributed by atoms with Crippen LogP contribution in [-0.4, -0.2) is 44.5 Å². The molecule has 0 spiro atoms. The molecule has 0 saturated carbocycles. The fourth-order valence-corrected chi connectivity index (χ4v) is 2.09. The van der Waals surface area contributed by atoms with Gasteiger partial charge in [-0.15, -0.1) is 0 Å². The van der Waals surface area contributed by atoms with E-state index in [2.05, 4.69) is 9.64 Å². The second kappa shape index (κ2) is 5.27. The van der Waals surface area contributed by atoms with Crippen molar-refractivity contribution in [2.45, 2.75) is 12.5 Å². The number of esters is 1. The van der Waals surface area contributed by atoms with Gasteiger partial charge in [0.25, 0.3) is 0 Å². The standard InChI is InChI=1S/C13H17NO4/c1-14-10(5-6-15)8-18-12-7-9(13(16)17-2)3-4-11(12)14/h3-4,7,10,15H,5-6,8H2,1-2H3. The molecule has 0 amide bonds. The normalized spacial score (nSPS) is 17.9. The molecule has 2 rings (SSSR count). The van der Waals surface area contributed by atoms with Crippen LogP contribution < -0.4 is 9.64 Å². The number of aliphatic hydroxyl groups excluding tert-OH is 1. The smallest absolute Gasteiger partial charge is 0.337 e. The summed E-state index contributed by atoms with van der Waals surface area (Å²) in [5.41, 5.74) is 1.40. The summed E-state index contributed by atoms with van der Waals surface area (Å²) in [6.45, 7) is 0.641. The minimum Gasteiger partial charge on any atom is -0.489 e. The highest BCUT2D eigenvalue weighted by Crippen LogP contribution is 2.34. The minimum absolute atomic E-state index is 0.133. The number of methoxy groups -OCH3 is 1. The number of aliphatic hydroxyl groups is 1. The Morgan fingerprint density at radius 3 is 3.06 bits per heavy atom. The molecule has 0 radical (unpaired) electrons. The third-order valence-corrected chi connectivity index (χ3v) is 3.20. The van der Waals surface area contributed by atoms with Gasteiger partial charge in [0.1, 0.15) is 12.4 Å². The highest BCUT2D eigenvalue weighted by molar-refractivity contribution is 5.90. The van der Waals surface area contributed by atoms with E-state index >= 15 is 0 Å². The van der Waals surface area contributed by atoms with E-state index in [0.717, 1.165) is 5.69 Å². The summed E-state index contributed by atoms with van der Waals surface area (Å²) in [6, 6.07) is 5.40. The molecule has 5 heteroatoms. The lowest BCUT2D eigenvalue weighted by atomic mass is 10.1. The molecule has 1 atom stereocenters. The first-order valence-corrected chi connectivity index (χ1v) is 5.86. The molecule has 0 aromatic heterocycles. The van der Waals surface area contributed by atoms with E-state index < -0.39 is 0 Å². The fraction of sp³-hybridized carbons (Fsp3) is 0.462. The first-order chi connectivity index (χ1) is 8.67. The van der Waals surface area contributed by atoms with Crippen molar-refractivity contribution in [3.63, 3.8) is 0 Å². The Hall–Kier alpha value is -1.75. The summed E-state index contributed by atoms with van der Waals surface area (Å²) in [5, 5.41) is 8.99. The quantitative estimate of drug-likeness (QED) is 0.814. The molecule has 5 nitrogen and oxygen atoms in total. The van der Waals surface area contributed by atoms with Crippen molar-refractivity contribution in [3.8, 4) is 5.75 Å². The third kappa shape index (κ3) is 2.26. The van der Waals surface area contributed by atoms with Gasteiger partial charge in [-0.1, -0.05) is 0 Å². The van der Waals surface area contributed by atoms with Crippen LogP contribution in [0.5, 0.6) is 5.75 Å². The van der Waals surface area contributed by atoms with Gasteiger partial charge < -0.3 is 19.5 Å². The average Bonchev–Trinajstić information content (AvgIpc) is 2.41. The number of fused-ring (bicyclic) bond motifs is 1. The summed E-state index contributed by atoms with van der Waals surface area (Å²) in [6.07, 6.45) is 0.661. The SMILES string of the molecule is COC(=O)c1ccc2c(c1)OCC(CCO)N2C. The number of hydrogen-bond donors (Lipinski definition) is 1. The zero-order valence-electron chi connectivity index (χ0n) is 10.5. The monoisotopic (exact) mass is 251 g/mol. The Bertz CT molecular complexity index is 447. The maximum Gasteiger partial charge on any atom is 0.337 e. The molecule has 98 valence electrons. The molecule has 1 N–H and O–H groups in total. The lowest BCUT2D eigenvalue weighted by Gasteiger charge is -2.35. The summed E-state index contributed by atoms with van der Waals surface area (Å²) in [7, 11) is 3.31. The van der Waals surface area contributed by atoms with Crippen molar-refractivity contribution in [2.24, 2.45) is 0 Å². The molecule has 0 saturated heterocycles. The largest absolute Gasteiger partial charge is 0.489 e. The van der Waals surface area contributed by atoms with E-state index in [9.17, 15) is 4.79 Å². The van der Waals surface area contributed by atoms with Crippen molar-refractivity contribution in [2.75, 3.05) is 32.3 Å². The van der Waals surface area contributed by atoms with Crippen LogP contribution in [0.15, 0.2) is 18.2 Å². The highest BCUT2D eigenvalue weighted by Gasteiger charge is 2.25. The van der Waals surface area contributed by atoms with E-state index in [1.165, 1.54) is 7.11 Å². The first kappa shape index (κ1) is 12.7. The Morgan fingerprint density at radius 1 is 1.61 bits per heavy atom. The average molecular weight is 251 g/mol. The molecule has 1 aromatic carbocycles. The van der Waals surface area contributed by atoms with Crippen LogP contribution in [0.25, 0.3) is 0 Å². The molecule has 1 aliphatic heterocycles. The lowest BCUT2D eigenvalue weighted by molar-refractivity contribution is 0.0600. The number of hydrogen-bond acceptors (Lipinski definition) is 5. The number of anilines is 1. The van der Waals surface area contributed by atoms with Crippen molar-refractivity contribution < 1.29 is 19.4 Å². The summed E-state index contributed by atoms with van der Waals surface area (Å²) < 4.78 is 10.3. The predicted octanol–water partition coefficient (Wildman–Crippen LogP) is 1.05. The molecule has 0 aliphatic carbocycles. The Balaban J connectivity index is 2.26. The highest BCUT2D eigenvalue weighted by atomic mass is 16.5. The van der Waals surface area contributed by atoms with E-state index in [4.69, 9.17) is 9.84 Å². The van der Waals surface area contributed by atoms with Crippen molar-refractivity contribution >= 4 is 11.7 Å². The van der Waals surface area contributed by atoms with Gasteiger partial charge in [0, 0.05) is 13.7 Å². The summed E-state index contributed by atoms with van der Waals surface area (Å²) in [5.74, 6) is 0.302. The third-order valence-electron chi connectivity index (χ3n) is 3.20. The maximum atomic E-state index is 11.4. The molecular weight excluding hydrogens is 234 g/mol. The number of rotatable bonds is 3. The van der Waals surface area contributed by atoms with Crippen LogP contribution in [0, 0.1) is 0 Å². The molecule has 18 heavy (non-hydrogen) atoms. The number of benzene rings is 1. The van der Waals surface area contributed by atoms with Gasteiger partial charge in [-0.05, 0) is 24.6 Å². The van der Waals surface area contributed by atoms with Gasteiger partial charge in [0.05, 0.1) is 24.4 Å². The van der Waals surface area contributed by atoms with Crippen LogP contribution >= 0.6 is 0 Å². The van der Waals surface area contributed by atoms with Gasteiger partial charge in [-0.2, -0.15) is 0 Å². The van der Waals surface area contributed by atoms with Crippen molar-refractivity contribution in [1.82, 2.24) is 0 Å². The van der Waals surface area contributed by atoms with Gasteiger partial charge in [0.2, 0.25) is 0 Å². The number of likely N-dealkylation sites (N-methyl/N-ethyl adjacent to an activating group) is 1. The van der Waals surface area contributed by atoms with Crippen LogP contribution in [0.1, 0.15) is 16.8 Å². The summed E-state index contributed by atoms with van der Waals surface area (Å²) in [4.78, 5) is 13.5. The maximum absolute atomic E-state index is 11.4. The van der Waals surface area contributed by atoms with Crippen molar-refractivity contribution in [3.05, 3.63) is 23.8 Å². The molecular formula is C13H17NO4. The summed E-state index contributed by atoms with van der Waals surface area (Å²) >= 11 is 0. The number of carbonyl (C=O) groups is 1. The van der Waals surface area contributed by atoms with Crippen LogP contribution in [0.4, 0.5) is 5.69 Å². The van der Waals surface area contributed by atoms with E-state index in [1.54, 1.807) is 12.1 Å². The Labute approximate surface area is 106 Å². The predicted molar refractivity (Wildman–Crippen MR) is 67.2 cm³/mol. The Kier molecular flexibility index (Phi) is 3.72. The zero-order valence-corrected chi connectivity index (χ0v) is 10.5. The zero-order chi connectivity index (χ0) is 13.1. The molecule has 1 heterocycles. The topological polar surface area (TPSA) is 59.0 Å². The molecule has 0 bridgehead atoms. The molecule has 1 unspecified atom stereocenters. The van der Waals surface area contributed by atoms with E-state index in [0.29, 0.717) is 24.3 Å². The number of nitrogens with zero attached hydrogens (tertiary/aromatic N) is 1. The van der Waals surface area contributed by atoms with Gasteiger partial charge >= 0.3 is 5.97 Å².